The summed E-state index contributed by atoms with van der Waals surface area (Å²) < 4.78 is 52.9. The molecule has 0 aromatic heterocycles. The summed E-state index contributed by atoms with van der Waals surface area (Å²) in [6, 6.07) is 2.94. The van der Waals surface area contributed by atoms with Crippen LogP contribution in [-0.2, 0) is 0 Å². The molecule has 116 valence electrons. The van der Waals surface area contributed by atoms with Gasteiger partial charge in [-0.05, 0) is 24.1 Å². The lowest BCUT2D eigenvalue weighted by Gasteiger charge is -2.14. The third-order valence-corrected chi connectivity index (χ3v) is 2.73. The molecule has 0 heterocycles. The van der Waals surface area contributed by atoms with Crippen LogP contribution in [0, 0.1) is 5.82 Å². The molecule has 0 amide bonds. The molecule has 0 aliphatic carbocycles. The monoisotopic (exact) mass is 315 g/mol. The normalized spacial score (nSPS) is 12.7. The predicted octanol–water partition coefficient (Wildman–Crippen LogP) is 4.73. The van der Waals surface area contributed by atoms with Gasteiger partial charge in [0.1, 0.15) is 0 Å². The largest absolute Gasteiger partial charge is 0.573 e. The van der Waals surface area contributed by atoms with Crippen molar-refractivity contribution in [1.82, 2.24) is 0 Å². The second kappa shape index (κ2) is 8.32. The van der Waals surface area contributed by atoms with Gasteiger partial charge in [-0.1, -0.05) is 32.3 Å². The molecule has 0 aliphatic rings. The van der Waals surface area contributed by atoms with E-state index in [0.29, 0.717) is 12.0 Å². The lowest BCUT2D eigenvalue weighted by molar-refractivity contribution is -0.275. The van der Waals surface area contributed by atoms with Crippen molar-refractivity contribution >= 4 is 12.4 Å². The summed E-state index contributed by atoms with van der Waals surface area (Å²) in [7, 11) is 0. The summed E-state index contributed by atoms with van der Waals surface area (Å²) in [4.78, 5) is 0. The van der Waals surface area contributed by atoms with Crippen LogP contribution in [0.2, 0.25) is 0 Å². The number of alkyl halides is 3. The Kier molecular flexibility index (Phi) is 7.90. The predicted molar refractivity (Wildman–Crippen MR) is 71.4 cm³/mol. The first-order chi connectivity index (χ1) is 8.83. The van der Waals surface area contributed by atoms with Crippen molar-refractivity contribution in [3.8, 4) is 5.75 Å². The Balaban J connectivity index is 0.00000361. The van der Waals surface area contributed by atoms with Crippen molar-refractivity contribution in [2.24, 2.45) is 5.73 Å². The fourth-order valence-corrected chi connectivity index (χ4v) is 1.74. The van der Waals surface area contributed by atoms with Crippen molar-refractivity contribution in [3.63, 3.8) is 0 Å². The summed E-state index contributed by atoms with van der Waals surface area (Å²) in [6.45, 7) is 2.05. The fraction of sp³-hybridized carbons (Fsp3) is 0.538. The zero-order valence-electron chi connectivity index (χ0n) is 11.0. The topological polar surface area (TPSA) is 35.2 Å². The molecule has 1 atom stereocenters. The molecule has 0 radical (unpaired) electrons. The van der Waals surface area contributed by atoms with E-state index in [1.54, 1.807) is 0 Å². The highest BCUT2D eigenvalue weighted by atomic mass is 35.5. The van der Waals surface area contributed by atoms with Gasteiger partial charge in [0.05, 0.1) is 0 Å². The highest BCUT2D eigenvalue weighted by Crippen LogP contribution is 2.28. The molecule has 0 bridgehead atoms. The van der Waals surface area contributed by atoms with E-state index in [2.05, 4.69) is 11.7 Å². The maximum Gasteiger partial charge on any atom is 0.573 e. The van der Waals surface area contributed by atoms with Gasteiger partial charge in [0, 0.05) is 6.04 Å². The number of benzene rings is 1. The Bertz CT molecular complexity index is 412. The molecule has 0 spiro atoms. The van der Waals surface area contributed by atoms with E-state index < -0.39 is 17.9 Å². The number of halogens is 5. The van der Waals surface area contributed by atoms with Crippen LogP contribution in [0.15, 0.2) is 18.2 Å². The SMILES string of the molecule is CCCCC[C@@H](N)c1ccc(OC(F)(F)F)c(F)c1.Cl. The van der Waals surface area contributed by atoms with Gasteiger partial charge >= 0.3 is 6.36 Å². The van der Waals surface area contributed by atoms with Crippen molar-refractivity contribution in [3.05, 3.63) is 29.6 Å². The van der Waals surface area contributed by atoms with E-state index in [9.17, 15) is 17.6 Å². The summed E-state index contributed by atoms with van der Waals surface area (Å²) in [5.74, 6) is -1.89. The molecule has 7 heteroatoms. The van der Waals surface area contributed by atoms with Crippen molar-refractivity contribution in [1.29, 1.82) is 0 Å². The molecule has 20 heavy (non-hydrogen) atoms. The summed E-state index contributed by atoms with van der Waals surface area (Å²) in [5.41, 5.74) is 6.33. The molecule has 1 aromatic carbocycles. The zero-order chi connectivity index (χ0) is 14.5. The van der Waals surface area contributed by atoms with Crippen LogP contribution in [0.5, 0.6) is 5.75 Å². The maximum absolute atomic E-state index is 13.4. The van der Waals surface area contributed by atoms with Crippen LogP contribution in [0.1, 0.15) is 44.2 Å². The Morgan fingerprint density at radius 3 is 2.40 bits per heavy atom. The maximum atomic E-state index is 13.4. The van der Waals surface area contributed by atoms with Gasteiger partial charge in [-0.3, -0.25) is 0 Å². The number of unbranched alkanes of at least 4 members (excludes halogenated alkanes) is 2. The lowest BCUT2D eigenvalue weighted by atomic mass is 10.0. The molecule has 2 nitrogen and oxygen atoms in total. The number of rotatable bonds is 6. The van der Waals surface area contributed by atoms with E-state index >= 15 is 0 Å². The Morgan fingerprint density at radius 2 is 1.90 bits per heavy atom. The van der Waals surface area contributed by atoms with E-state index in [1.165, 1.54) is 6.07 Å². The van der Waals surface area contributed by atoms with Crippen LogP contribution in [0.25, 0.3) is 0 Å². The molecular formula is C13H18ClF4NO. The van der Waals surface area contributed by atoms with Gasteiger partial charge in [-0.25, -0.2) is 4.39 Å². The Hall–Kier alpha value is -1.01. The molecule has 0 saturated carbocycles. The minimum atomic E-state index is -4.90. The minimum absolute atomic E-state index is 0. The first kappa shape index (κ1) is 19.0. The summed E-state index contributed by atoms with van der Waals surface area (Å²) >= 11 is 0. The lowest BCUT2D eigenvalue weighted by Crippen LogP contribution is -2.18. The van der Waals surface area contributed by atoms with Crippen LogP contribution >= 0.6 is 12.4 Å². The zero-order valence-corrected chi connectivity index (χ0v) is 11.9. The number of hydrogen-bond donors (Lipinski definition) is 1. The average Bonchev–Trinajstić information content (AvgIpc) is 2.30. The van der Waals surface area contributed by atoms with Gasteiger partial charge < -0.3 is 10.5 Å². The van der Waals surface area contributed by atoms with Gasteiger partial charge in [-0.2, -0.15) is 0 Å². The van der Waals surface area contributed by atoms with Gasteiger partial charge in [0.2, 0.25) is 0 Å². The van der Waals surface area contributed by atoms with Crippen LogP contribution in [0.3, 0.4) is 0 Å². The Labute approximate surface area is 121 Å². The molecule has 1 aromatic rings. The highest BCUT2D eigenvalue weighted by molar-refractivity contribution is 5.85. The summed E-state index contributed by atoms with van der Waals surface area (Å²) in [5, 5.41) is 0. The molecule has 0 saturated heterocycles. The first-order valence-corrected chi connectivity index (χ1v) is 6.14. The van der Waals surface area contributed by atoms with Gasteiger partial charge in [0.25, 0.3) is 0 Å². The van der Waals surface area contributed by atoms with E-state index in [1.807, 2.05) is 0 Å². The fourth-order valence-electron chi connectivity index (χ4n) is 1.74. The second-order valence-electron chi connectivity index (χ2n) is 4.34. The number of nitrogens with two attached hydrogens (primary N) is 1. The standard InChI is InChI=1S/C13H17F4NO.ClH/c1-2-3-4-5-11(18)9-6-7-12(10(14)8-9)19-13(15,16)17;/h6-8,11H,2-5,18H2,1H3;1H/t11-;/m1./s1. The van der Waals surface area contributed by atoms with Crippen LogP contribution < -0.4 is 10.5 Å². The smallest absolute Gasteiger partial charge is 0.403 e. The molecule has 0 unspecified atom stereocenters. The molecule has 2 N–H and O–H groups in total. The van der Waals surface area contributed by atoms with Crippen molar-refractivity contribution in [2.45, 2.75) is 45.0 Å². The third kappa shape index (κ3) is 6.43. The van der Waals surface area contributed by atoms with Crippen molar-refractivity contribution in [2.75, 3.05) is 0 Å². The van der Waals surface area contributed by atoms with Crippen LogP contribution in [0.4, 0.5) is 17.6 Å². The molecule has 0 aliphatic heterocycles. The molecule has 1 rings (SSSR count). The van der Waals surface area contributed by atoms with Gasteiger partial charge in [-0.15, -0.1) is 25.6 Å². The van der Waals surface area contributed by atoms with Crippen LogP contribution in [-0.4, -0.2) is 6.36 Å². The first-order valence-electron chi connectivity index (χ1n) is 6.14. The second-order valence-corrected chi connectivity index (χ2v) is 4.34. The highest BCUT2D eigenvalue weighted by Gasteiger charge is 2.32. The summed E-state index contributed by atoms with van der Waals surface area (Å²) in [6.07, 6.45) is -1.26. The van der Waals surface area contributed by atoms with E-state index in [0.717, 1.165) is 31.4 Å². The van der Waals surface area contributed by atoms with E-state index in [-0.39, 0.29) is 18.4 Å². The molecule has 0 fully saturated rings. The van der Waals surface area contributed by atoms with Crippen molar-refractivity contribution < 1.29 is 22.3 Å². The minimum Gasteiger partial charge on any atom is -0.403 e. The number of hydrogen-bond acceptors (Lipinski definition) is 2. The van der Waals surface area contributed by atoms with E-state index in [4.69, 9.17) is 5.73 Å². The molecular weight excluding hydrogens is 298 g/mol. The average molecular weight is 316 g/mol. The quantitative estimate of drug-likeness (QED) is 0.608. The Morgan fingerprint density at radius 1 is 1.25 bits per heavy atom. The third-order valence-electron chi connectivity index (χ3n) is 2.73. The van der Waals surface area contributed by atoms with Gasteiger partial charge in [0.15, 0.2) is 11.6 Å². The number of ether oxygens (including phenoxy) is 1.